The molecule has 1 aliphatic rings. The van der Waals surface area contributed by atoms with Crippen LogP contribution in [0.3, 0.4) is 0 Å². The number of aromatic hydroxyl groups is 1. The lowest BCUT2D eigenvalue weighted by Crippen LogP contribution is -2.29. The molecular formula is C30H31NO7. The van der Waals surface area contributed by atoms with Gasteiger partial charge in [0.15, 0.2) is 11.5 Å². The number of aliphatic hydroxyl groups is 1. The molecule has 1 atom stereocenters. The number of aryl methyl sites for hydroxylation is 1. The lowest BCUT2D eigenvalue weighted by molar-refractivity contribution is -0.140. The Kier molecular flexibility index (Phi) is 7.90. The number of nitrogens with zero attached hydrogens (tertiary/aromatic N) is 1. The third-order valence-corrected chi connectivity index (χ3v) is 6.42. The number of hydrogen-bond donors (Lipinski definition) is 2. The monoisotopic (exact) mass is 517 g/mol. The molecule has 38 heavy (non-hydrogen) atoms. The summed E-state index contributed by atoms with van der Waals surface area (Å²) in [6.07, 6.45) is 0. The molecule has 1 saturated heterocycles. The molecule has 8 heteroatoms. The number of ether oxygens (including phenoxy) is 3. The van der Waals surface area contributed by atoms with Crippen molar-refractivity contribution in [2.24, 2.45) is 0 Å². The van der Waals surface area contributed by atoms with E-state index in [9.17, 15) is 19.8 Å². The summed E-state index contributed by atoms with van der Waals surface area (Å²) in [4.78, 5) is 28.3. The van der Waals surface area contributed by atoms with Gasteiger partial charge in [-0.05, 0) is 68.3 Å². The largest absolute Gasteiger partial charge is 0.507 e. The molecule has 0 radical (unpaired) electrons. The highest BCUT2D eigenvalue weighted by atomic mass is 16.5. The Morgan fingerprint density at radius 1 is 0.921 bits per heavy atom. The van der Waals surface area contributed by atoms with E-state index in [4.69, 9.17) is 14.2 Å². The van der Waals surface area contributed by atoms with Gasteiger partial charge in [-0.3, -0.25) is 9.59 Å². The van der Waals surface area contributed by atoms with Crippen molar-refractivity contribution in [1.82, 2.24) is 4.90 Å². The lowest BCUT2D eigenvalue weighted by Gasteiger charge is -2.26. The number of methoxy groups -OCH3 is 1. The molecule has 4 rings (SSSR count). The van der Waals surface area contributed by atoms with Gasteiger partial charge in [-0.25, -0.2) is 0 Å². The van der Waals surface area contributed by atoms with E-state index >= 15 is 0 Å². The first-order chi connectivity index (χ1) is 18.3. The molecule has 1 amide bonds. The first-order valence-electron chi connectivity index (χ1n) is 12.4. The van der Waals surface area contributed by atoms with Gasteiger partial charge in [-0.1, -0.05) is 24.3 Å². The number of para-hydroxylation sites is 1. The molecule has 3 aromatic rings. The highest BCUT2D eigenvalue weighted by Gasteiger charge is 2.46. The number of aliphatic hydroxyl groups excluding tert-OH is 1. The van der Waals surface area contributed by atoms with Crippen LogP contribution in [0.25, 0.3) is 5.76 Å². The van der Waals surface area contributed by atoms with Crippen LogP contribution in [0, 0.1) is 6.92 Å². The molecule has 0 bridgehead atoms. The van der Waals surface area contributed by atoms with Crippen molar-refractivity contribution in [3.63, 3.8) is 0 Å². The molecule has 1 unspecified atom stereocenters. The third kappa shape index (κ3) is 5.02. The molecule has 3 aromatic carbocycles. The van der Waals surface area contributed by atoms with E-state index in [1.54, 1.807) is 43.3 Å². The van der Waals surface area contributed by atoms with Crippen molar-refractivity contribution in [3.8, 4) is 23.0 Å². The zero-order valence-corrected chi connectivity index (χ0v) is 21.9. The zero-order valence-electron chi connectivity index (χ0n) is 21.9. The van der Waals surface area contributed by atoms with Crippen LogP contribution in [0.15, 0.2) is 66.2 Å². The van der Waals surface area contributed by atoms with Crippen LogP contribution in [0.5, 0.6) is 23.0 Å². The quantitative estimate of drug-likeness (QED) is 0.230. The number of carbonyl (C=O) groups excluding carboxylic acids is 2. The summed E-state index contributed by atoms with van der Waals surface area (Å²) in [5.74, 6) is -0.485. The lowest BCUT2D eigenvalue weighted by atomic mass is 9.94. The fourth-order valence-electron chi connectivity index (χ4n) is 4.65. The number of Topliss-reactive ketones (excluding diaryl/α,β-unsaturated/α-hetero) is 1. The fraction of sp³-hybridized carbons (Fsp3) is 0.267. The van der Waals surface area contributed by atoms with Crippen molar-refractivity contribution < 1.29 is 34.0 Å². The maximum atomic E-state index is 13.4. The average molecular weight is 518 g/mol. The van der Waals surface area contributed by atoms with Crippen molar-refractivity contribution >= 4 is 17.4 Å². The van der Waals surface area contributed by atoms with E-state index in [1.165, 1.54) is 18.1 Å². The van der Waals surface area contributed by atoms with E-state index in [2.05, 4.69) is 0 Å². The number of amides is 1. The van der Waals surface area contributed by atoms with Gasteiger partial charge in [-0.2, -0.15) is 0 Å². The molecule has 0 aliphatic carbocycles. The molecule has 1 fully saturated rings. The van der Waals surface area contributed by atoms with Gasteiger partial charge in [-0.15, -0.1) is 0 Å². The highest BCUT2D eigenvalue weighted by molar-refractivity contribution is 6.46. The summed E-state index contributed by atoms with van der Waals surface area (Å²) in [6, 6.07) is 16.0. The number of rotatable bonds is 9. The molecule has 0 saturated carbocycles. The van der Waals surface area contributed by atoms with E-state index in [-0.39, 0.29) is 29.4 Å². The maximum Gasteiger partial charge on any atom is 0.295 e. The predicted molar refractivity (Wildman–Crippen MR) is 142 cm³/mol. The Bertz CT molecular complexity index is 1400. The van der Waals surface area contributed by atoms with Gasteiger partial charge < -0.3 is 29.3 Å². The Morgan fingerprint density at radius 3 is 2.32 bits per heavy atom. The molecule has 0 spiro atoms. The standard InChI is InChI=1S/C30H31NO7/c1-5-37-23-14-12-20(15-18(23)3)28(33)26-27(19-11-13-22(32)25(16-19)38-6-2)31(30(35)29(26)34)17-21-9-7-8-10-24(21)36-4/h7-16,27,32-33H,5-6,17H2,1-4H3/b28-26-. The predicted octanol–water partition coefficient (Wildman–Crippen LogP) is 5.13. The molecule has 198 valence electrons. The number of phenolic OH excluding ortho intramolecular Hbond substituents is 1. The zero-order chi connectivity index (χ0) is 27.4. The minimum Gasteiger partial charge on any atom is -0.507 e. The van der Waals surface area contributed by atoms with Crippen LogP contribution in [0.1, 0.15) is 42.1 Å². The number of benzene rings is 3. The van der Waals surface area contributed by atoms with Crippen LogP contribution in [0.2, 0.25) is 0 Å². The summed E-state index contributed by atoms with van der Waals surface area (Å²) in [5, 5.41) is 21.7. The molecule has 1 heterocycles. The van der Waals surface area contributed by atoms with Crippen molar-refractivity contribution in [3.05, 3.63) is 88.5 Å². The summed E-state index contributed by atoms with van der Waals surface area (Å²) in [6.45, 7) is 6.36. The molecule has 1 aliphatic heterocycles. The number of ketones is 1. The van der Waals surface area contributed by atoms with E-state index in [0.29, 0.717) is 41.4 Å². The Labute approximate surface area is 221 Å². The fourth-order valence-corrected chi connectivity index (χ4v) is 4.65. The first kappa shape index (κ1) is 26.6. The van der Waals surface area contributed by atoms with Gasteiger partial charge in [0, 0.05) is 11.1 Å². The van der Waals surface area contributed by atoms with Gasteiger partial charge in [0.05, 0.1) is 38.5 Å². The van der Waals surface area contributed by atoms with Crippen LogP contribution in [-0.4, -0.2) is 47.1 Å². The van der Waals surface area contributed by atoms with E-state index in [0.717, 1.165) is 5.56 Å². The number of hydrogen-bond acceptors (Lipinski definition) is 7. The molecule has 8 nitrogen and oxygen atoms in total. The minimum atomic E-state index is -0.938. The molecule has 2 N–H and O–H groups in total. The van der Waals surface area contributed by atoms with Crippen LogP contribution in [0.4, 0.5) is 0 Å². The number of phenols is 1. The second-order valence-electron chi connectivity index (χ2n) is 8.81. The normalized spacial score (nSPS) is 16.5. The van der Waals surface area contributed by atoms with E-state index < -0.39 is 17.7 Å². The highest BCUT2D eigenvalue weighted by Crippen LogP contribution is 2.43. The van der Waals surface area contributed by atoms with Gasteiger partial charge in [0.1, 0.15) is 17.3 Å². The second kappa shape index (κ2) is 11.3. The SMILES string of the molecule is CCOc1ccc(/C(O)=C2/C(=O)C(=O)N(Cc3ccccc3OC)C2c2ccc(O)c(OCC)c2)cc1C. The van der Waals surface area contributed by atoms with Crippen molar-refractivity contribution in [2.75, 3.05) is 20.3 Å². The first-order valence-corrected chi connectivity index (χ1v) is 12.4. The molecule has 0 aromatic heterocycles. The Hall–Kier alpha value is -4.46. The van der Waals surface area contributed by atoms with Crippen molar-refractivity contribution in [1.29, 1.82) is 0 Å². The minimum absolute atomic E-state index is 0.0541. The Balaban J connectivity index is 1.89. The number of carbonyl (C=O) groups is 2. The summed E-state index contributed by atoms with van der Waals surface area (Å²) in [7, 11) is 1.53. The van der Waals surface area contributed by atoms with Gasteiger partial charge in [0.2, 0.25) is 0 Å². The summed E-state index contributed by atoms with van der Waals surface area (Å²) in [5.41, 5.74) is 2.31. The van der Waals surface area contributed by atoms with Crippen LogP contribution < -0.4 is 14.2 Å². The van der Waals surface area contributed by atoms with Gasteiger partial charge in [0.25, 0.3) is 11.7 Å². The maximum absolute atomic E-state index is 13.4. The summed E-state index contributed by atoms with van der Waals surface area (Å²) < 4.78 is 16.6. The second-order valence-corrected chi connectivity index (χ2v) is 8.81. The van der Waals surface area contributed by atoms with Crippen LogP contribution >= 0.6 is 0 Å². The topological polar surface area (TPSA) is 106 Å². The number of likely N-dealkylation sites (tertiary alicyclic amines) is 1. The molecular weight excluding hydrogens is 486 g/mol. The van der Waals surface area contributed by atoms with Gasteiger partial charge >= 0.3 is 0 Å². The average Bonchev–Trinajstić information content (AvgIpc) is 3.16. The van der Waals surface area contributed by atoms with E-state index in [1.807, 2.05) is 32.0 Å². The van der Waals surface area contributed by atoms with Crippen LogP contribution in [-0.2, 0) is 16.1 Å². The summed E-state index contributed by atoms with van der Waals surface area (Å²) >= 11 is 0. The van der Waals surface area contributed by atoms with Crippen molar-refractivity contribution in [2.45, 2.75) is 33.4 Å². The Morgan fingerprint density at radius 2 is 1.63 bits per heavy atom. The smallest absolute Gasteiger partial charge is 0.295 e. The third-order valence-electron chi connectivity index (χ3n) is 6.42.